The van der Waals surface area contributed by atoms with E-state index in [1.165, 1.54) is 0 Å². The lowest BCUT2D eigenvalue weighted by molar-refractivity contribution is 0.0953. The van der Waals surface area contributed by atoms with Gasteiger partial charge in [0.25, 0.3) is 5.91 Å². The third-order valence-corrected chi connectivity index (χ3v) is 4.32. The van der Waals surface area contributed by atoms with Gasteiger partial charge in [-0.05, 0) is 38.6 Å². The maximum absolute atomic E-state index is 12.1. The Morgan fingerprint density at radius 3 is 2.68 bits per heavy atom. The molecule has 0 aliphatic carbocycles. The molecule has 106 valence electrons. The molecule has 0 saturated heterocycles. The first-order valence-electron chi connectivity index (χ1n) is 6.39. The Bertz CT molecular complexity index is 449. The molecular weight excluding hydrogens is 260 g/mol. The Morgan fingerprint density at radius 2 is 2.05 bits per heavy atom. The van der Waals surface area contributed by atoms with Crippen molar-refractivity contribution >= 4 is 16.7 Å². The summed E-state index contributed by atoms with van der Waals surface area (Å²) in [7, 11) is 0.972. The van der Waals surface area contributed by atoms with Crippen molar-refractivity contribution in [1.82, 2.24) is 10.6 Å². The van der Waals surface area contributed by atoms with Crippen LogP contribution in [0.25, 0.3) is 0 Å². The van der Waals surface area contributed by atoms with Crippen molar-refractivity contribution in [3.63, 3.8) is 0 Å². The number of carbonyl (C=O) groups excluding carboxylic acids is 1. The maximum Gasteiger partial charge on any atom is 0.251 e. The number of amides is 1. The molecule has 0 aliphatic heterocycles. The Hall–Kier alpha value is -1.20. The number of rotatable bonds is 7. The highest BCUT2D eigenvalue weighted by Gasteiger charge is 2.12. The number of nitrogens with one attached hydrogen (secondary N) is 2. The van der Waals surface area contributed by atoms with Gasteiger partial charge in [0.1, 0.15) is 0 Å². The second-order valence-corrected chi connectivity index (χ2v) is 6.33. The van der Waals surface area contributed by atoms with Crippen LogP contribution in [0.5, 0.6) is 0 Å². The lowest BCUT2D eigenvalue weighted by Crippen LogP contribution is -2.33. The van der Waals surface area contributed by atoms with E-state index >= 15 is 0 Å². The van der Waals surface area contributed by atoms with E-state index in [9.17, 15) is 9.00 Å². The third kappa shape index (κ3) is 5.12. The SMILES string of the molecule is CNCCc1ccccc1C(=O)NCC(C)S(C)=O. The van der Waals surface area contributed by atoms with E-state index in [1.807, 2.05) is 38.2 Å². The predicted octanol–water partition coefficient (Wildman–Crippen LogP) is 0.945. The topological polar surface area (TPSA) is 58.2 Å². The molecule has 19 heavy (non-hydrogen) atoms. The molecule has 1 aromatic carbocycles. The van der Waals surface area contributed by atoms with Crippen molar-refractivity contribution in [3.8, 4) is 0 Å². The van der Waals surface area contributed by atoms with Crippen molar-refractivity contribution in [1.29, 1.82) is 0 Å². The van der Waals surface area contributed by atoms with Crippen LogP contribution >= 0.6 is 0 Å². The molecule has 2 N–H and O–H groups in total. The van der Waals surface area contributed by atoms with E-state index in [4.69, 9.17) is 0 Å². The summed E-state index contributed by atoms with van der Waals surface area (Å²) in [6.07, 6.45) is 2.47. The lowest BCUT2D eigenvalue weighted by atomic mass is 10.0. The summed E-state index contributed by atoms with van der Waals surface area (Å²) in [6, 6.07) is 7.59. The molecule has 0 saturated carbocycles. The maximum atomic E-state index is 12.1. The highest BCUT2D eigenvalue weighted by molar-refractivity contribution is 7.84. The molecule has 0 bridgehead atoms. The molecule has 1 rings (SSSR count). The molecule has 2 atom stereocenters. The number of hydrogen-bond acceptors (Lipinski definition) is 3. The first kappa shape index (κ1) is 15.9. The fourth-order valence-electron chi connectivity index (χ4n) is 1.67. The van der Waals surface area contributed by atoms with Gasteiger partial charge < -0.3 is 10.6 Å². The summed E-state index contributed by atoms with van der Waals surface area (Å²) >= 11 is 0. The third-order valence-electron chi connectivity index (χ3n) is 3.02. The fraction of sp³-hybridized carbons (Fsp3) is 0.500. The van der Waals surface area contributed by atoms with Crippen molar-refractivity contribution < 1.29 is 9.00 Å². The first-order valence-corrected chi connectivity index (χ1v) is 8.01. The standard InChI is InChI=1S/C14H22N2O2S/c1-11(19(3)18)10-16-14(17)13-7-5-4-6-12(13)8-9-15-2/h4-7,11,15H,8-10H2,1-3H3,(H,16,17). The van der Waals surface area contributed by atoms with E-state index in [1.54, 1.807) is 6.26 Å². The van der Waals surface area contributed by atoms with Gasteiger partial charge >= 0.3 is 0 Å². The quantitative estimate of drug-likeness (QED) is 0.783. The highest BCUT2D eigenvalue weighted by Crippen LogP contribution is 2.09. The smallest absolute Gasteiger partial charge is 0.251 e. The normalized spacial score (nSPS) is 13.8. The summed E-state index contributed by atoms with van der Waals surface area (Å²) in [6.45, 7) is 3.13. The summed E-state index contributed by atoms with van der Waals surface area (Å²) in [4.78, 5) is 12.1. The lowest BCUT2D eigenvalue weighted by Gasteiger charge is -2.12. The first-order chi connectivity index (χ1) is 9.06. The summed E-state index contributed by atoms with van der Waals surface area (Å²) in [5.41, 5.74) is 1.73. The molecule has 0 spiro atoms. The molecule has 2 unspecified atom stereocenters. The molecule has 1 amide bonds. The van der Waals surface area contributed by atoms with E-state index in [2.05, 4.69) is 10.6 Å². The average molecular weight is 282 g/mol. The molecule has 0 fully saturated rings. The molecule has 4 nitrogen and oxygen atoms in total. The Balaban J connectivity index is 2.68. The molecule has 0 radical (unpaired) electrons. The predicted molar refractivity (Wildman–Crippen MR) is 79.9 cm³/mol. The molecule has 0 heterocycles. The highest BCUT2D eigenvalue weighted by atomic mass is 32.2. The Morgan fingerprint density at radius 1 is 1.37 bits per heavy atom. The largest absolute Gasteiger partial charge is 0.351 e. The van der Waals surface area contributed by atoms with Gasteiger partial charge in [-0.15, -0.1) is 0 Å². The Labute approximate surface area is 117 Å². The Kier molecular flexibility index (Phi) is 6.73. The van der Waals surface area contributed by atoms with Crippen molar-refractivity contribution in [2.75, 3.05) is 26.4 Å². The number of hydrogen-bond donors (Lipinski definition) is 2. The van der Waals surface area contributed by atoms with Gasteiger partial charge in [0, 0.05) is 34.4 Å². The minimum atomic E-state index is -0.918. The van der Waals surface area contributed by atoms with E-state index in [-0.39, 0.29) is 11.2 Å². The van der Waals surface area contributed by atoms with Crippen molar-refractivity contribution in [3.05, 3.63) is 35.4 Å². The molecule has 0 aromatic heterocycles. The van der Waals surface area contributed by atoms with Gasteiger partial charge in [-0.3, -0.25) is 9.00 Å². The van der Waals surface area contributed by atoms with E-state index in [0.29, 0.717) is 12.1 Å². The zero-order chi connectivity index (χ0) is 14.3. The van der Waals surface area contributed by atoms with Gasteiger partial charge in [-0.1, -0.05) is 18.2 Å². The van der Waals surface area contributed by atoms with Gasteiger partial charge in [0.2, 0.25) is 0 Å². The summed E-state index contributed by atoms with van der Waals surface area (Å²) in [5, 5.41) is 5.89. The van der Waals surface area contributed by atoms with Crippen LogP contribution in [-0.2, 0) is 17.2 Å². The van der Waals surface area contributed by atoms with E-state index in [0.717, 1.165) is 18.5 Å². The van der Waals surface area contributed by atoms with Crippen LogP contribution in [0.4, 0.5) is 0 Å². The zero-order valence-corrected chi connectivity index (χ0v) is 12.5. The van der Waals surface area contributed by atoms with E-state index < -0.39 is 10.8 Å². The molecule has 0 aliphatic rings. The van der Waals surface area contributed by atoms with Crippen LogP contribution in [0.2, 0.25) is 0 Å². The number of benzene rings is 1. The summed E-state index contributed by atoms with van der Waals surface area (Å²) < 4.78 is 11.3. The second-order valence-electron chi connectivity index (χ2n) is 4.53. The second kappa shape index (κ2) is 8.07. The van der Waals surface area contributed by atoms with Crippen LogP contribution in [-0.4, -0.2) is 41.8 Å². The van der Waals surface area contributed by atoms with Crippen LogP contribution in [0.15, 0.2) is 24.3 Å². The zero-order valence-electron chi connectivity index (χ0n) is 11.7. The molecular formula is C14H22N2O2S. The van der Waals surface area contributed by atoms with Crippen LogP contribution in [0.3, 0.4) is 0 Å². The van der Waals surface area contributed by atoms with Crippen LogP contribution in [0.1, 0.15) is 22.8 Å². The van der Waals surface area contributed by atoms with Gasteiger partial charge in [0.15, 0.2) is 0 Å². The van der Waals surface area contributed by atoms with Crippen molar-refractivity contribution in [2.24, 2.45) is 0 Å². The minimum Gasteiger partial charge on any atom is -0.351 e. The van der Waals surface area contributed by atoms with Gasteiger partial charge in [0.05, 0.1) is 0 Å². The van der Waals surface area contributed by atoms with Crippen LogP contribution < -0.4 is 10.6 Å². The minimum absolute atomic E-state index is 0.0339. The molecule has 1 aromatic rings. The summed E-state index contributed by atoms with van der Waals surface area (Å²) in [5.74, 6) is -0.0935. The number of likely N-dealkylation sites (N-methyl/N-ethyl adjacent to an activating group) is 1. The fourth-order valence-corrected chi connectivity index (χ4v) is 1.99. The average Bonchev–Trinajstić information content (AvgIpc) is 2.42. The monoisotopic (exact) mass is 282 g/mol. The van der Waals surface area contributed by atoms with Gasteiger partial charge in [-0.25, -0.2) is 0 Å². The van der Waals surface area contributed by atoms with Crippen LogP contribution in [0, 0.1) is 0 Å². The van der Waals surface area contributed by atoms with Crippen molar-refractivity contribution in [2.45, 2.75) is 18.6 Å². The molecule has 5 heteroatoms. The number of carbonyl (C=O) groups is 1. The van der Waals surface area contributed by atoms with Gasteiger partial charge in [-0.2, -0.15) is 0 Å².